The molecule has 242 valence electrons. The zero-order chi connectivity index (χ0) is 32.9. The zero-order valence-electron chi connectivity index (χ0n) is 27.3. The third-order valence-electron chi connectivity index (χ3n) is 7.29. The Morgan fingerprint density at radius 3 is 2.16 bits per heavy atom. The Morgan fingerprint density at radius 2 is 1.57 bits per heavy atom. The van der Waals surface area contributed by atoms with Crippen LogP contribution in [0.15, 0.2) is 42.5 Å². The lowest BCUT2D eigenvalue weighted by Crippen LogP contribution is -2.53. The fourth-order valence-corrected chi connectivity index (χ4v) is 4.89. The molecule has 2 aromatic rings. The van der Waals surface area contributed by atoms with Crippen molar-refractivity contribution >= 4 is 29.5 Å². The monoisotopic (exact) mass is 610 g/mol. The number of alkyl carbamates (subject to hydrolysis) is 1. The SMILES string of the molecule is CCCCCCCCN(C(=O)C(CC(N)=O)NC(=O)OC(C)(C)C)C(C(=O)Nc1ccc(OC)cc1)c1cccc(C)c1C. The lowest BCUT2D eigenvalue weighted by Gasteiger charge is -2.35. The van der Waals surface area contributed by atoms with Crippen LogP contribution in [0, 0.1) is 13.8 Å². The molecule has 0 saturated carbocycles. The van der Waals surface area contributed by atoms with Crippen LogP contribution in [-0.2, 0) is 19.1 Å². The van der Waals surface area contributed by atoms with Crippen molar-refractivity contribution < 1.29 is 28.7 Å². The number of anilines is 1. The van der Waals surface area contributed by atoms with Crippen molar-refractivity contribution in [3.8, 4) is 5.75 Å². The minimum atomic E-state index is -1.33. The lowest BCUT2D eigenvalue weighted by molar-refractivity contribution is -0.142. The van der Waals surface area contributed by atoms with E-state index in [0.717, 1.165) is 43.2 Å². The number of rotatable bonds is 16. The fourth-order valence-electron chi connectivity index (χ4n) is 4.89. The second-order valence-electron chi connectivity index (χ2n) is 12.1. The maximum absolute atomic E-state index is 14.3. The lowest BCUT2D eigenvalue weighted by atomic mass is 9.94. The molecule has 44 heavy (non-hydrogen) atoms. The molecule has 0 heterocycles. The van der Waals surface area contributed by atoms with Crippen LogP contribution in [0.25, 0.3) is 0 Å². The zero-order valence-corrected chi connectivity index (χ0v) is 27.3. The normalized spacial score (nSPS) is 12.5. The second-order valence-corrected chi connectivity index (χ2v) is 12.1. The Bertz CT molecular complexity index is 1260. The summed E-state index contributed by atoms with van der Waals surface area (Å²) in [7, 11) is 1.56. The summed E-state index contributed by atoms with van der Waals surface area (Å²) in [5, 5.41) is 5.49. The first-order chi connectivity index (χ1) is 20.8. The molecule has 2 rings (SSSR count). The highest BCUT2D eigenvalue weighted by molar-refractivity contribution is 6.00. The van der Waals surface area contributed by atoms with Crippen LogP contribution in [0.2, 0.25) is 0 Å². The van der Waals surface area contributed by atoms with Crippen molar-refractivity contribution in [2.45, 2.75) is 104 Å². The summed E-state index contributed by atoms with van der Waals surface area (Å²) in [6.07, 6.45) is 4.46. The Labute approximate surface area is 262 Å². The van der Waals surface area contributed by atoms with Gasteiger partial charge in [0.15, 0.2) is 0 Å². The fraction of sp³-hybridized carbons (Fsp3) is 0.529. The van der Waals surface area contributed by atoms with Gasteiger partial charge in [-0.3, -0.25) is 14.4 Å². The summed E-state index contributed by atoms with van der Waals surface area (Å²) >= 11 is 0. The van der Waals surface area contributed by atoms with Crippen LogP contribution in [0.3, 0.4) is 0 Å². The highest BCUT2D eigenvalue weighted by atomic mass is 16.6. The first-order valence-corrected chi connectivity index (χ1v) is 15.4. The minimum Gasteiger partial charge on any atom is -0.497 e. The van der Waals surface area contributed by atoms with Crippen LogP contribution < -0.4 is 21.1 Å². The van der Waals surface area contributed by atoms with Gasteiger partial charge in [-0.15, -0.1) is 0 Å². The average molecular weight is 611 g/mol. The highest BCUT2D eigenvalue weighted by Crippen LogP contribution is 2.30. The van der Waals surface area contributed by atoms with E-state index in [1.807, 2.05) is 32.0 Å². The second kappa shape index (κ2) is 17.3. The summed E-state index contributed by atoms with van der Waals surface area (Å²) in [6.45, 7) is 11.3. The molecular weight excluding hydrogens is 560 g/mol. The number of benzene rings is 2. The van der Waals surface area contributed by atoms with Gasteiger partial charge in [-0.2, -0.15) is 0 Å². The van der Waals surface area contributed by atoms with Crippen LogP contribution in [-0.4, -0.2) is 54.0 Å². The van der Waals surface area contributed by atoms with E-state index in [2.05, 4.69) is 17.6 Å². The van der Waals surface area contributed by atoms with E-state index in [-0.39, 0.29) is 6.54 Å². The molecule has 2 atom stereocenters. The number of hydrogen-bond acceptors (Lipinski definition) is 6. The molecule has 0 fully saturated rings. The molecule has 0 radical (unpaired) electrons. The molecule has 4 N–H and O–H groups in total. The standard InChI is InChI=1S/C34H50N4O6/c1-8-9-10-11-12-13-21-38(32(41)28(22-29(35)39)37-33(42)44-34(4,5)6)30(27-16-14-15-23(2)24(27)3)31(40)36-25-17-19-26(43-7)20-18-25/h14-20,28,30H,8-13,21-22H2,1-7H3,(H2,35,39)(H,36,40)(H,37,42). The summed E-state index contributed by atoms with van der Waals surface area (Å²) in [6, 6.07) is 10.1. The van der Waals surface area contributed by atoms with Gasteiger partial charge in [-0.1, -0.05) is 57.2 Å². The predicted octanol–water partition coefficient (Wildman–Crippen LogP) is 5.95. The Kier molecular flexibility index (Phi) is 14.2. The number of carbonyl (C=O) groups is 4. The molecule has 0 aromatic heterocycles. The molecule has 10 nitrogen and oxygen atoms in total. The molecular formula is C34H50N4O6. The topological polar surface area (TPSA) is 140 Å². The first kappa shape index (κ1) is 36.1. The maximum Gasteiger partial charge on any atom is 0.408 e. The summed E-state index contributed by atoms with van der Waals surface area (Å²) in [5.74, 6) is -1.17. The molecule has 0 bridgehead atoms. The van der Waals surface area contributed by atoms with Gasteiger partial charge >= 0.3 is 6.09 Å². The van der Waals surface area contributed by atoms with E-state index < -0.39 is 47.9 Å². The molecule has 0 aliphatic heterocycles. The van der Waals surface area contributed by atoms with Crippen LogP contribution in [0.1, 0.15) is 95.4 Å². The van der Waals surface area contributed by atoms with E-state index >= 15 is 0 Å². The molecule has 0 aliphatic rings. The first-order valence-electron chi connectivity index (χ1n) is 15.4. The number of aryl methyl sites for hydroxylation is 1. The number of methoxy groups -OCH3 is 1. The van der Waals surface area contributed by atoms with Crippen molar-refractivity contribution in [3.63, 3.8) is 0 Å². The molecule has 4 amide bonds. The largest absolute Gasteiger partial charge is 0.497 e. The van der Waals surface area contributed by atoms with Crippen LogP contribution in [0.4, 0.5) is 10.5 Å². The number of nitrogens with one attached hydrogen (secondary N) is 2. The van der Waals surface area contributed by atoms with Gasteiger partial charge in [0, 0.05) is 12.2 Å². The number of nitrogens with two attached hydrogens (primary N) is 1. The van der Waals surface area contributed by atoms with E-state index in [0.29, 0.717) is 23.4 Å². The van der Waals surface area contributed by atoms with E-state index in [4.69, 9.17) is 15.2 Å². The van der Waals surface area contributed by atoms with E-state index in [1.54, 1.807) is 52.1 Å². The van der Waals surface area contributed by atoms with Gasteiger partial charge in [-0.05, 0) is 82.0 Å². The van der Waals surface area contributed by atoms with Crippen LogP contribution in [0.5, 0.6) is 5.75 Å². The van der Waals surface area contributed by atoms with Crippen molar-refractivity contribution in [1.29, 1.82) is 0 Å². The number of nitrogens with zero attached hydrogens (tertiary/aromatic N) is 1. The third kappa shape index (κ3) is 11.5. The molecule has 0 aliphatic carbocycles. The quantitative estimate of drug-likeness (QED) is 0.201. The van der Waals surface area contributed by atoms with Gasteiger partial charge in [0.25, 0.3) is 5.91 Å². The molecule has 2 aromatic carbocycles. The van der Waals surface area contributed by atoms with Gasteiger partial charge in [0.1, 0.15) is 23.4 Å². The number of carbonyl (C=O) groups excluding carboxylic acids is 4. The maximum atomic E-state index is 14.3. The Balaban J connectivity index is 2.57. The number of ether oxygens (including phenoxy) is 2. The van der Waals surface area contributed by atoms with Gasteiger partial charge in [0.05, 0.1) is 13.5 Å². The van der Waals surface area contributed by atoms with Crippen molar-refractivity contribution in [2.75, 3.05) is 19.0 Å². The minimum absolute atomic E-state index is 0.226. The Morgan fingerprint density at radius 1 is 0.932 bits per heavy atom. The smallest absolute Gasteiger partial charge is 0.408 e. The number of hydrogen-bond donors (Lipinski definition) is 3. The summed E-state index contributed by atoms with van der Waals surface area (Å²) in [5.41, 5.74) is 7.68. The average Bonchev–Trinajstić information content (AvgIpc) is 2.94. The molecule has 10 heteroatoms. The number of amides is 4. The highest BCUT2D eigenvalue weighted by Gasteiger charge is 2.37. The van der Waals surface area contributed by atoms with Gasteiger partial charge in [-0.25, -0.2) is 4.79 Å². The summed E-state index contributed by atoms with van der Waals surface area (Å²) in [4.78, 5) is 54.8. The number of primary amides is 1. The Hall–Kier alpha value is -4.08. The van der Waals surface area contributed by atoms with Gasteiger partial charge in [0.2, 0.25) is 11.8 Å². The van der Waals surface area contributed by atoms with Gasteiger partial charge < -0.3 is 30.7 Å². The molecule has 0 spiro atoms. The van der Waals surface area contributed by atoms with Crippen molar-refractivity contribution in [1.82, 2.24) is 10.2 Å². The predicted molar refractivity (Wildman–Crippen MR) is 172 cm³/mol. The van der Waals surface area contributed by atoms with E-state index in [9.17, 15) is 19.2 Å². The van der Waals surface area contributed by atoms with Crippen molar-refractivity contribution in [3.05, 3.63) is 59.2 Å². The molecule has 2 unspecified atom stereocenters. The van der Waals surface area contributed by atoms with E-state index in [1.165, 1.54) is 4.90 Å². The third-order valence-corrected chi connectivity index (χ3v) is 7.29. The molecule has 0 saturated heterocycles. The van der Waals surface area contributed by atoms with Crippen LogP contribution >= 0.6 is 0 Å². The number of unbranched alkanes of at least 4 members (excludes halogenated alkanes) is 5. The summed E-state index contributed by atoms with van der Waals surface area (Å²) < 4.78 is 10.6. The van der Waals surface area contributed by atoms with Crippen molar-refractivity contribution in [2.24, 2.45) is 5.73 Å².